The van der Waals surface area contributed by atoms with Crippen molar-refractivity contribution in [2.24, 2.45) is 0 Å². The van der Waals surface area contributed by atoms with Gasteiger partial charge in [-0.15, -0.1) is 0 Å². The fourth-order valence-electron chi connectivity index (χ4n) is 2.44. The van der Waals surface area contributed by atoms with E-state index in [-0.39, 0.29) is 12.0 Å². The van der Waals surface area contributed by atoms with Gasteiger partial charge < -0.3 is 11.1 Å². The number of nitrogen functional groups attached to an aromatic ring is 1. The van der Waals surface area contributed by atoms with Crippen LogP contribution in [0, 0.1) is 0 Å². The van der Waals surface area contributed by atoms with Gasteiger partial charge in [0.1, 0.15) is 6.33 Å². The Hall–Kier alpha value is -2.17. The van der Waals surface area contributed by atoms with Crippen molar-refractivity contribution in [1.82, 2.24) is 15.0 Å². The van der Waals surface area contributed by atoms with Crippen LogP contribution in [0.2, 0.25) is 0 Å². The summed E-state index contributed by atoms with van der Waals surface area (Å²) in [4.78, 5) is 12.0. The van der Waals surface area contributed by atoms with Crippen molar-refractivity contribution < 1.29 is 0 Å². The van der Waals surface area contributed by atoms with Crippen LogP contribution in [0.5, 0.6) is 0 Å². The number of hydrogen-bond acceptors (Lipinski definition) is 5. The molecule has 92 valence electrons. The maximum atomic E-state index is 5.56. The van der Waals surface area contributed by atoms with Crippen molar-refractivity contribution in [3.63, 3.8) is 0 Å². The van der Waals surface area contributed by atoms with E-state index in [1.807, 2.05) is 0 Å². The van der Waals surface area contributed by atoms with E-state index in [1.54, 1.807) is 0 Å². The van der Waals surface area contributed by atoms with Gasteiger partial charge in [0.15, 0.2) is 0 Å². The van der Waals surface area contributed by atoms with Crippen molar-refractivity contribution in [1.29, 1.82) is 0 Å². The lowest BCUT2D eigenvalue weighted by Gasteiger charge is -2.26. The quantitative estimate of drug-likeness (QED) is 0.840. The van der Waals surface area contributed by atoms with Crippen LogP contribution in [0.25, 0.3) is 0 Å². The Bertz CT molecular complexity index is 555. The first-order valence-electron chi connectivity index (χ1n) is 6.12. The summed E-state index contributed by atoms with van der Waals surface area (Å²) >= 11 is 0. The molecule has 0 saturated heterocycles. The zero-order valence-corrected chi connectivity index (χ0v) is 10.0. The number of fused-ring (bicyclic) bond motifs is 1. The molecule has 3 rings (SSSR count). The second kappa shape index (κ2) is 4.60. The molecule has 0 spiro atoms. The number of nitrogens with one attached hydrogen (secondary N) is 1. The molecule has 2 aromatic rings. The van der Waals surface area contributed by atoms with Gasteiger partial charge in [-0.1, -0.05) is 24.3 Å². The summed E-state index contributed by atoms with van der Waals surface area (Å²) in [6.45, 7) is 0. The molecule has 0 unspecified atom stereocenters. The van der Waals surface area contributed by atoms with Crippen LogP contribution in [-0.4, -0.2) is 15.0 Å². The molecule has 0 bridgehead atoms. The molecule has 5 heteroatoms. The maximum absolute atomic E-state index is 5.56. The van der Waals surface area contributed by atoms with Crippen molar-refractivity contribution in [2.45, 2.75) is 25.3 Å². The van der Waals surface area contributed by atoms with E-state index in [0.717, 1.165) is 12.8 Å². The number of aromatic nitrogens is 3. The van der Waals surface area contributed by atoms with Crippen LogP contribution in [0.15, 0.2) is 30.6 Å². The number of nitrogens with zero attached hydrogens (tertiary/aromatic N) is 3. The zero-order chi connectivity index (χ0) is 12.4. The normalized spacial score (nSPS) is 18.1. The Kier molecular flexibility index (Phi) is 2.80. The van der Waals surface area contributed by atoms with Gasteiger partial charge >= 0.3 is 0 Å². The molecule has 1 aliphatic rings. The summed E-state index contributed by atoms with van der Waals surface area (Å²) in [5, 5.41) is 3.34. The number of hydrogen-bond donors (Lipinski definition) is 2. The minimum Gasteiger partial charge on any atom is -0.368 e. The Labute approximate surface area is 105 Å². The number of anilines is 2. The number of aryl methyl sites for hydroxylation is 1. The fraction of sp³-hybridized carbons (Fsp3) is 0.308. The second-order valence-electron chi connectivity index (χ2n) is 4.46. The molecule has 1 aliphatic carbocycles. The van der Waals surface area contributed by atoms with Gasteiger partial charge in [0.25, 0.3) is 0 Å². The minimum atomic E-state index is 0.247. The smallest absolute Gasteiger partial charge is 0.227 e. The molecule has 1 aromatic carbocycles. The third-order valence-electron chi connectivity index (χ3n) is 3.26. The lowest BCUT2D eigenvalue weighted by atomic mass is 9.88. The standard InChI is InChI=1S/C13H15N5/c14-12-15-8-16-13(18-12)17-11-7-3-5-9-4-1-2-6-10(9)11/h1-2,4,6,8,11H,3,5,7H2,(H3,14,15,16,17,18)/t11-/m1/s1. The van der Waals surface area contributed by atoms with Crippen LogP contribution in [0.3, 0.4) is 0 Å². The fourth-order valence-corrected chi connectivity index (χ4v) is 2.44. The van der Waals surface area contributed by atoms with Crippen LogP contribution in [-0.2, 0) is 6.42 Å². The summed E-state index contributed by atoms with van der Waals surface area (Å²) in [5.41, 5.74) is 8.30. The Morgan fingerprint density at radius 1 is 1.22 bits per heavy atom. The summed E-state index contributed by atoms with van der Waals surface area (Å²) in [6, 6.07) is 8.77. The molecular formula is C13H15N5. The third-order valence-corrected chi connectivity index (χ3v) is 3.26. The van der Waals surface area contributed by atoms with Gasteiger partial charge in [-0.05, 0) is 30.4 Å². The average Bonchev–Trinajstić information content (AvgIpc) is 2.39. The first kappa shape index (κ1) is 11.0. The Morgan fingerprint density at radius 2 is 2.11 bits per heavy atom. The average molecular weight is 241 g/mol. The van der Waals surface area contributed by atoms with E-state index in [4.69, 9.17) is 5.73 Å². The number of benzene rings is 1. The van der Waals surface area contributed by atoms with E-state index in [2.05, 4.69) is 44.5 Å². The summed E-state index contributed by atoms with van der Waals surface area (Å²) < 4.78 is 0. The predicted octanol–water partition coefficient (Wildman–Crippen LogP) is 1.94. The van der Waals surface area contributed by atoms with E-state index in [9.17, 15) is 0 Å². The summed E-state index contributed by atoms with van der Waals surface area (Å²) in [6.07, 6.45) is 4.84. The molecule has 18 heavy (non-hydrogen) atoms. The first-order chi connectivity index (χ1) is 8.83. The molecular weight excluding hydrogens is 226 g/mol. The van der Waals surface area contributed by atoms with E-state index >= 15 is 0 Å². The van der Waals surface area contributed by atoms with Gasteiger partial charge in [-0.25, -0.2) is 9.97 Å². The molecule has 1 aromatic heterocycles. The molecule has 0 aliphatic heterocycles. The van der Waals surface area contributed by atoms with E-state index in [1.165, 1.54) is 23.9 Å². The third kappa shape index (κ3) is 2.11. The monoisotopic (exact) mass is 241 g/mol. The SMILES string of the molecule is Nc1ncnc(N[C@@H]2CCCc3ccccc32)n1. The van der Waals surface area contributed by atoms with Crippen molar-refractivity contribution in [2.75, 3.05) is 11.1 Å². The van der Waals surface area contributed by atoms with Gasteiger partial charge in [0, 0.05) is 0 Å². The highest BCUT2D eigenvalue weighted by atomic mass is 15.2. The Morgan fingerprint density at radius 3 is 3.00 bits per heavy atom. The molecule has 0 saturated carbocycles. The highest BCUT2D eigenvalue weighted by Gasteiger charge is 2.20. The van der Waals surface area contributed by atoms with Crippen molar-refractivity contribution in [3.05, 3.63) is 41.7 Å². The lowest BCUT2D eigenvalue weighted by molar-refractivity contribution is 0.596. The predicted molar refractivity (Wildman–Crippen MR) is 70.0 cm³/mol. The van der Waals surface area contributed by atoms with E-state index in [0.29, 0.717) is 5.95 Å². The maximum Gasteiger partial charge on any atom is 0.227 e. The highest BCUT2D eigenvalue weighted by Crippen LogP contribution is 2.31. The first-order valence-corrected chi connectivity index (χ1v) is 6.12. The minimum absolute atomic E-state index is 0.247. The number of nitrogens with two attached hydrogens (primary N) is 1. The van der Waals surface area contributed by atoms with Crippen molar-refractivity contribution >= 4 is 11.9 Å². The van der Waals surface area contributed by atoms with Crippen LogP contribution >= 0.6 is 0 Å². The molecule has 0 radical (unpaired) electrons. The highest BCUT2D eigenvalue weighted by molar-refractivity contribution is 5.39. The Balaban J connectivity index is 1.86. The molecule has 0 fully saturated rings. The summed E-state index contributed by atoms with van der Waals surface area (Å²) in [5.74, 6) is 0.792. The van der Waals surface area contributed by atoms with Gasteiger partial charge in [-0.3, -0.25) is 0 Å². The van der Waals surface area contributed by atoms with Gasteiger partial charge in [-0.2, -0.15) is 4.98 Å². The molecule has 1 atom stereocenters. The van der Waals surface area contributed by atoms with Gasteiger partial charge in [0.2, 0.25) is 11.9 Å². The molecule has 3 N–H and O–H groups in total. The van der Waals surface area contributed by atoms with E-state index < -0.39 is 0 Å². The second-order valence-corrected chi connectivity index (χ2v) is 4.46. The summed E-state index contributed by atoms with van der Waals surface area (Å²) in [7, 11) is 0. The largest absolute Gasteiger partial charge is 0.368 e. The molecule has 1 heterocycles. The zero-order valence-electron chi connectivity index (χ0n) is 10.0. The lowest BCUT2D eigenvalue weighted by Crippen LogP contribution is -2.18. The van der Waals surface area contributed by atoms with Crippen LogP contribution < -0.4 is 11.1 Å². The topological polar surface area (TPSA) is 76.7 Å². The van der Waals surface area contributed by atoms with Gasteiger partial charge in [0.05, 0.1) is 6.04 Å². The van der Waals surface area contributed by atoms with Crippen LogP contribution in [0.4, 0.5) is 11.9 Å². The van der Waals surface area contributed by atoms with Crippen molar-refractivity contribution in [3.8, 4) is 0 Å². The van der Waals surface area contributed by atoms with Crippen LogP contribution in [0.1, 0.15) is 30.0 Å². The number of rotatable bonds is 2. The molecule has 0 amide bonds. The molecule has 5 nitrogen and oxygen atoms in total.